The minimum Gasteiger partial charge on any atom is -0.370 e. The van der Waals surface area contributed by atoms with Crippen LogP contribution in [0, 0.1) is 5.41 Å². The summed E-state index contributed by atoms with van der Waals surface area (Å²) in [5.41, 5.74) is 13.8. The molecule has 0 radical (unpaired) electrons. The fourth-order valence-electron chi connectivity index (χ4n) is 3.14. The summed E-state index contributed by atoms with van der Waals surface area (Å²) in [4.78, 5) is 6.43. The molecule has 19 heavy (non-hydrogen) atoms. The van der Waals surface area contributed by atoms with Gasteiger partial charge in [0.15, 0.2) is 11.1 Å². The first-order chi connectivity index (χ1) is 8.70. The van der Waals surface area contributed by atoms with Gasteiger partial charge in [-0.15, -0.1) is 0 Å². The number of guanidine groups is 1. The van der Waals surface area contributed by atoms with Crippen molar-refractivity contribution in [2.45, 2.75) is 46.2 Å². The van der Waals surface area contributed by atoms with E-state index >= 15 is 0 Å². The van der Waals surface area contributed by atoms with Crippen molar-refractivity contribution >= 4 is 23.3 Å². The van der Waals surface area contributed by atoms with E-state index in [0.29, 0.717) is 0 Å². The molecule has 0 spiro atoms. The van der Waals surface area contributed by atoms with Gasteiger partial charge < -0.3 is 21.7 Å². The van der Waals surface area contributed by atoms with E-state index in [9.17, 15) is 0 Å². The minimum absolute atomic E-state index is 0.0994. The third kappa shape index (κ3) is 2.68. The van der Waals surface area contributed by atoms with Crippen molar-refractivity contribution in [3.8, 4) is 0 Å². The van der Waals surface area contributed by atoms with E-state index < -0.39 is 0 Å². The molecule has 2 rings (SSSR count). The van der Waals surface area contributed by atoms with E-state index in [1.807, 2.05) is 0 Å². The van der Waals surface area contributed by atoms with Gasteiger partial charge in [-0.1, -0.05) is 20.8 Å². The molecule has 2 aliphatic heterocycles. The summed E-state index contributed by atoms with van der Waals surface area (Å²) in [7, 11) is 0. The number of nitrogens with one attached hydrogen (secondary N) is 1. The van der Waals surface area contributed by atoms with Crippen LogP contribution in [-0.4, -0.2) is 34.6 Å². The number of aliphatic imine (C=N–C) groups is 1. The van der Waals surface area contributed by atoms with E-state index in [1.54, 1.807) is 0 Å². The number of hydrogen-bond acceptors (Lipinski definition) is 2. The first kappa shape index (κ1) is 14.1. The van der Waals surface area contributed by atoms with Gasteiger partial charge in [-0.2, -0.15) is 0 Å². The van der Waals surface area contributed by atoms with E-state index in [0.717, 1.165) is 18.1 Å². The smallest absolute Gasteiger partial charge is 0.186 e. The van der Waals surface area contributed by atoms with E-state index in [-0.39, 0.29) is 23.5 Å². The second kappa shape index (κ2) is 4.67. The van der Waals surface area contributed by atoms with Crippen LogP contribution in [0.3, 0.4) is 0 Å². The summed E-state index contributed by atoms with van der Waals surface area (Å²) >= 11 is 5.43. The van der Waals surface area contributed by atoms with Crippen LogP contribution in [0.25, 0.3) is 0 Å². The van der Waals surface area contributed by atoms with Crippen LogP contribution in [0.2, 0.25) is 0 Å². The molecule has 2 aliphatic rings. The number of rotatable bonds is 1. The fourth-order valence-corrected chi connectivity index (χ4v) is 3.51. The molecule has 2 heterocycles. The van der Waals surface area contributed by atoms with Crippen molar-refractivity contribution in [1.82, 2.24) is 10.2 Å². The molecule has 0 aromatic carbocycles. The van der Waals surface area contributed by atoms with Gasteiger partial charge in [0.1, 0.15) is 0 Å². The van der Waals surface area contributed by atoms with Gasteiger partial charge >= 0.3 is 0 Å². The predicted octanol–water partition coefficient (Wildman–Crippen LogP) is 0.911. The van der Waals surface area contributed by atoms with Gasteiger partial charge in [0.05, 0.1) is 6.04 Å². The molecule has 5 N–H and O–H groups in total. The zero-order valence-electron chi connectivity index (χ0n) is 12.0. The van der Waals surface area contributed by atoms with E-state index in [2.05, 4.69) is 42.9 Å². The topological polar surface area (TPSA) is 79.7 Å². The first-order valence-electron chi connectivity index (χ1n) is 6.60. The van der Waals surface area contributed by atoms with Crippen LogP contribution in [0.4, 0.5) is 0 Å². The molecule has 1 saturated heterocycles. The van der Waals surface area contributed by atoms with Gasteiger partial charge in [-0.3, -0.25) is 0 Å². The Hall–Kier alpha value is -1.30. The number of nitrogens with two attached hydrogens (primary N) is 2. The molecule has 6 heteroatoms. The van der Waals surface area contributed by atoms with Crippen molar-refractivity contribution in [1.29, 1.82) is 0 Å². The normalized spacial score (nSPS) is 27.2. The molecule has 0 aromatic heterocycles. The number of hydrogen-bond donors (Lipinski definition) is 3. The van der Waals surface area contributed by atoms with Gasteiger partial charge in [0.25, 0.3) is 0 Å². The molecular weight excluding hydrogens is 258 g/mol. The zero-order valence-corrected chi connectivity index (χ0v) is 12.8. The number of thiocarbonyl (C=S) groups is 1. The number of fused-ring (bicyclic) bond motifs is 1. The Bertz CT molecular complexity index is 456. The third-order valence-electron chi connectivity index (χ3n) is 3.62. The molecule has 0 unspecified atom stereocenters. The second-order valence-corrected chi connectivity index (χ2v) is 6.69. The summed E-state index contributed by atoms with van der Waals surface area (Å²) in [6, 6.07) is 0.360. The summed E-state index contributed by atoms with van der Waals surface area (Å²) in [6.07, 6.45) is 0.858. The number of nitrogens with zero attached hydrogens (tertiary/aromatic N) is 2. The SMILES string of the molecule is C[C@@H]1NC(=S)N2C[C@@H](N=C(N)N)CC2=C1C(C)(C)C. The maximum absolute atomic E-state index is 5.49. The predicted molar refractivity (Wildman–Crippen MR) is 82.6 cm³/mol. The van der Waals surface area contributed by atoms with Crippen LogP contribution >= 0.6 is 12.2 Å². The minimum atomic E-state index is 0.0994. The van der Waals surface area contributed by atoms with Gasteiger partial charge in [-0.25, -0.2) is 4.99 Å². The van der Waals surface area contributed by atoms with Crippen molar-refractivity contribution in [3.05, 3.63) is 11.3 Å². The van der Waals surface area contributed by atoms with Crippen LogP contribution in [0.5, 0.6) is 0 Å². The van der Waals surface area contributed by atoms with Gasteiger partial charge in [0.2, 0.25) is 0 Å². The molecule has 1 fully saturated rings. The standard InChI is InChI=1S/C13H23N5S/c1-7-10(13(2,3)4)9-5-8(17-11(14)15)6-18(9)12(19)16-7/h7-8H,5-6H2,1-4H3,(H,16,19)(H4,14,15,17)/t7-,8-/m0/s1. The maximum atomic E-state index is 5.49. The Morgan fingerprint density at radius 1 is 1.42 bits per heavy atom. The molecule has 0 bridgehead atoms. The highest BCUT2D eigenvalue weighted by Gasteiger charge is 2.39. The molecule has 106 valence electrons. The van der Waals surface area contributed by atoms with Gasteiger partial charge in [-0.05, 0) is 30.1 Å². The maximum Gasteiger partial charge on any atom is 0.186 e. The lowest BCUT2D eigenvalue weighted by Gasteiger charge is -2.39. The summed E-state index contributed by atoms with van der Waals surface area (Å²) in [5, 5.41) is 4.15. The Labute approximate surface area is 120 Å². The molecule has 0 aliphatic carbocycles. The molecule has 0 aromatic rings. The Kier molecular flexibility index (Phi) is 3.47. The summed E-state index contributed by atoms with van der Waals surface area (Å²) < 4.78 is 0. The Morgan fingerprint density at radius 3 is 2.58 bits per heavy atom. The second-order valence-electron chi connectivity index (χ2n) is 6.30. The average Bonchev–Trinajstić information content (AvgIpc) is 2.57. The highest BCUT2D eigenvalue weighted by Crippen LogP contribution is 2.39. The Balaban J connectivity index is 2.42. The lowest BCUT2D eigenvalue weighted by molar-refractivity contribution is 0.403. The summed E-state index contributed by atoms with van der Waals surface area (Å²) in [6.45, 7) is 9.60. The lowest BCUT2D eigenvalue weighted by Crippen LogP contribution is -2.50. The van der Waals surface area contributed by atoms with Crippen molar-refractivity contribution < 1.29 is 0 Å². The highest BCUT2D eigenvalue weighted by molar-refractivity contribution is 7.80. The molecule has 0 saturated carbocycles. The molecular formula is C13H23N5S. The molecule has 0 amide bonds. The third-order valence-corrected chi connectivity index (χ3v) is 3.96. The highest BCUT2D eigenvalue weighted by atomic mass is 32.1. The molecule has 5 nitrogen and oxygen atoms in total. The van der Waals surface area contributed by atoms with Gasteiger partial charge in [0, 0.05) is 24.7 Å². The van der Waals surface area contributed by atoms with Crippen LogP contribution in [0.1, 0.15) is 34.1 Å². The van der Waals surface area contributed by atoms with Crippen molar-refractivity contribution in [3.63, 3.8) is 0 Å². The largest absolute Gasteiger partial charge is 0.370 e. The van der Waals surface area contributed by atoms with Crippen LogP contribution in [-0.2, 0) is 0 Å². The zero-order chi connectivity index (χ0) is 14.4. The molecule has 2 atom stereocenters. The van der Waals surface area contributed by atoms with Crippen LogP contribution < -0.4 is 16.8 Å². The van der Waals surface area contributed by atoms with E-state index in [1.165, 1.54) is 11.3 Å². The quantitative estimate of drug-likeness (QED) is 0.378. The summed E-state index contributed by atoms with van der Waals surface area (Å²) in [5.74, 6) is 0.148. The van der Waals surface area contributed by atoms with Crippen LogP contribution in [0.15, 0.2) is 16.3 Å². The fraction of sp³-hybridized carbons (Fsp3) is 0.692. The Morgan fingerprint density at radius 2 is 2.05 bits per heavy atom. The first-order valence-corrected chi connectivity index (χ1v) is 7.01. The average molecular weight is 281 g/mol. The van der Waals surface area contributed by atoms with Crippen molar-refractivity contribution in [2.24, 2.45) is 21.9 Å². The lowest BCUT2D eigenvalue weighted by atomic mass is 9.80. The van der Waals surface area contributed by atoms with Crippen molar-refractivity contribution in [2.75, 3.05) is 6.54 Å². The monoisotopic (exact) mass is 281 g/mol. The van der Waals surface area contributed by atoms with E-state index in [4.69, 9.17) is 23.7 Å².